The molecular formula is C33H27N7O4. The Morgan fingerprint density at radius 3 is 2.00 bits per heavy atom. The smallest absolute Gasteiger partial charge is 0.257 e. The highest BCUT2D eigenvalue weighted by Gasteiger charge is 2.52. The van der Waals surface area contributed by atoms with Gasteiger partial charge in [-0.25, -0.2) is 38.5 Å². The van der Waals surface area contributed by atoms with Gasteiger partial charge in [-0.1, -0.05) is 98.8 Å². The number of H-pyrrole nitrogens is 2. The summed E-state index contributed by atoms with van der Waals surface area (Å²) in [6.45, 7) is 4.06. The Morgan fingerprint density at radius 1 is 0.705 bits per heavy atom. The Kier molecular flexibility index (Phi) is 6.17. The van der Waals surface area contributed by atoms with Crippen LogP contribution >= 0.6 is 0 Å². The third-order valence-electron chi connectivity index (χ3n) is 7.95. The molecule has 1 unspecified atom stereocenters. The Morgan fingerprint density at radius 2 is 1.32 bits per heavy atom. The Hall–Kier alpha value is -5.97. The van der Waals surface area contributed by atoms with E-state index in [-0.39, 0.29) is 11.8 Å². The molecule has 2 aromatic heterocycles. The van der Waals surface area contributed by atoms with Gasteiger partial charge >= 0.3 is 22.8 Å². The number of hydrogen-bond donors (Lipinski definition) is 2. The lowest BCUT2D eigenvalue weighted by atomic mass is 9.79. The number of aliphatic imine (C=N–C) groups is 1. The summed E-state index contributed by atoms with van der Waals surface area (Å²) >= 11 is 0. The lowest BCUT2D eigenvalue weighted by Crippen LogP contribution is -2.58. The van der Waals surface area contributed by atoms with E-state index < -0.39 is 28.3 Å². The van der Waals surface area contributed by atoms with Crippen molar-refractivity contribution in [3.05, 3.63) is 168 Å². The van der Waals surface area contributed by atoms with Crippen LogP contribution in [0.1, 0.15) is 36.5 Å². The summed E-state index contributed by atoms with van der Waals surface area (Å²) in [7, 11) is 0. The van der Waals surface area contributed by atoms with E-state index >= 15 is 0 Å². The second kappa shape index (κ2) is 10.1. The van der Waals surface area contributed by atoms with Crippen molar-refractivity contribution in [1.29, 1.82) is 0 Å². The molecule has 3 heterocycles. The summed E-state index contributed by atoms with van der Waals surface area (Å²) in [5.41, 5.74) is -1.35. The molecule has 0 spiro atoms. The molecule has 0 fully saturated rings. The molecule has 0 saturated heterocycles. The summed E-state index contributed by atoms with van der Waals surface area (Å²) in [4.78, 5) is 62.6. The summed E-state index contributed by atoms with van der Waals surface area (Å²) in [5.74, 6) is 0.0878. The minimum absolute atomic E-state index is 0.0321. The zero-order valence-corrected chi connectivity index (χ0v) is 23.8. The Labute approximate surface area is 249 Å². The summed E-state index contributed by atoms with van der Waals surface area (Å²) in [6, 6.07) is 32.1. The second-order valence-corrected chi connectivity index (χ2v) is 10.8. The number of aromatic nitrogens is 6. The van der Waals surface area contributed by atoms with Crippen molar-refractivity contribution < 1.29 is 0 Å². The van der Waals surface area contributed by atoms with Crippen LogP contribution < -0.4 is 22.8 Å². The fraction of sp³-hybridized carbons (Fsp3) is 0.121. The summed E-state index contributed by atoms with van der Waals surface area (Å²) < 4.78 is 4.71. The third kappa shape index (κ3) is 3.79. The van der Waals surface area contributed by atoms with E-state index in [0.29, 0.717) is 28.2 Å². The zero-order chi connectivity index (χ0) is 30.6. The molecule has 0 bridgehead atoms. The number of para-hydroxylation sites is 3. The molecule has 0 radical (unpaired) electrons. The Balaban J connectivity index is 1.75. The minimum Gasteiger partial charge on any atom is -0.257 e. The number of aromatic amines is 2. The quantitative estimate of drug-likeness (QED) is 0.321. The first kappa shape index (κ1) is 26.9. The van der Waals surface area contributed by atoms with Crippen LogP contribution in [-0.4, -0.2) is 34.5 Å². The third-order valence-corrected chi connectivity index (χ3v) is 7.95. The van der Waals surface area contributed by atoms with E-state index in [9.17, 15) is 19.2 Å². The molecule has 1 aliphatic rings. The molecule has 11 nitrogen and oxygen atoms in total. The van der Waals surface area contributed by atoms with Crippen molar-refractivity contribution in [2.24, 2.45) is 4.99 Å². The second-order valence-electron chi connectivity index (χ2n) is 10.8. The van der Waals surface area contributed by atoms with E-state index in [2.05, 4.69) is 10.1 Å². The average Bonchev–Trinajstić information content (AvgIpc) is 3.52. The predicted octanol–water partition coefficient (Wildman–Crippen LogP) is 3.48. The van der Waals surface area contributed by atoms with Crippen molar-refractivity contribution in [3.63, 3.8) is 0 Å². The van der Waals surface area contributed by atoms with Crippen molar-refractivity contribution >= 4 is 11.5 Å². The van der Waals surface area contributed by atoms with E-state index in [1.54, 1.807) is 78.9 Å². The molecule has 0 amide bonds. The maximum Gasteiger partial charge on any atom is 0.358 e. The van der Waals surface area contributed by atoms with Gasteiger partial charge in [-0.15, -0.1) is 0 Å². The van der Waals surface area contributed by atoms with Crippen molar-refractivity contribution in [2.75, 3.05) is 0 Å². The molecule has 6 aromatic rings. The van der Waals surface area contributed by atoms with Crippen molar-refractivity contribution in [2.45, 2.75) is 25.3 Å². The van der Waals surface area contributed by atoms with Crippen molar-refractivity contribution in [1.82, 2.24) is 28.7 Å². The van der Waals surface area contributed by atoms with Gasteiger partial charge in [0.1, 0.15) is 0 Å². The molecule has 4 aromatic carbocycles. The maximum absolute atomic E-state index is 14.6. The molecule has 0 aliphatic carbocycles. The number of nitrogens with one attached hydrogen (secondary N) is 2. The van der Waals surface area contributed by atoms with Crippen LogP contribution in [0.5, 0.6) is 0 Å². The number of fused-ring (bicyclic) bond motifs is 3. The fourth-order valence-corrected chi connectivity index (χ4v) is 6.08. The molecular weight excluding hydrogens is 558 g/mol. The standard InChI is InChI=1S/C33H27N7O4/c1-21(2)24-17-9-11-19-26(24)34-28-33(22-13-5-3-6-14-22,40-30(42)35-29(41)36-40)25-18-10-12-20-27(25)38-31(43)37(32(44)39(28)38)23-15-7-4-8-16-23/h3-21H,1-2H3,(H2,35,36,41,42). The number of nitrogens with zero attached hydrogens (tertiary/aromatic N) is 5. The van der Waals surface area contributed by atoms with Crippen molar-refractivity contribution in [3.8, 4) is 11.4 Å². The zero-order valence-electron chi connectivity index (χ0n) is 23.8. The first-order valence-electron chi connectivity index (χ1n) is 14.1. The van der Waals surface area contributed by atoms with Gasteiger partial charge < -0.3 is 0 Å². The van der Waals surface area contributed by atoms with E-state index in [4.69, 9.17) is 4.99 Å². The van der Waals surface area contributed by atoms with Crippen LogP contribution in [0.3, 0.4) is 0 Å². The SMILES string of the molecule is CC(C)c1ccccc1N=C1n2c(=O)n(-c3ccccc3)c(=O)n2-c2ccccc2C1(c1ccccc1)n1[nH]c(=O)[nH]c1=O. The summed E-state index contributed by atoms with van der Waals surface area (Å²) in [5, 5.41) is 2.65. The number of hydrogen-bond acceptors (Lipinski definition) is 5. The first-order chi connectivity index (χ1) is 21.3. The fourth-order valence-electron chi connectivity index (χ4n) is 6.08. The van der Waals surface area contributed by atoms with Crippen LogP contribution in [0.25, 0.3) is 11.4 Å². The van der Waals surface area contributed by atoms with E-state index in [1.807, 2.05) is 44.2 Å². The first-order valence-corrected chi connectivity index (χ1v) is 14.1. The largest absolute Gasteiger partial charge is 0.358 e. The van der Waals surface area contributed by atoms with E-state index in [0.717, 1.165) is 14.8 Å². The van der Waals surface area contributed by atoms with Gasteiger partial charge in [0.15, 0.2) is 11.4 Å². The monoisotopic (exact) mass is 585 g/mol. The average molecular weight is 586 g/mol. The lowest BCUT2D eigenvalue weighted by molar-refractivity contribution is 0.448. The molecule has 218 valence electrons. The highest BCUT2D eigenvalue weighted by Crippen LogP contribution is 2.42. The van der Waals surface area contributed by atoms with Crippen LogP contribution in [0, 0.1) is 0 Å². The van der Waals surface area contributed by atoms with Crippen LogP contribution in [0.15, 0.2) is 133 Å². The molecule has 44 heavy (non-hydrogen) atoms. The molecule has 7 rings (SSSR count). The normalized spacial score (nSPS) is 16.7. The minimum atomic E-state index is -1.70. The van der Waals surface area contributed by atoms with Gasteiger partial charge in [0.05, 0.1) is 17.1 Å². The van der Waals surface area contributed by atoms with E-state index in [1.165, 1.54) is 9.36 Å². The highest BCUT2D eigenvalue weighted by molar-refractivity contribution is 6.01. The molecule has 2 N–H and O–H groups in total. The van der Waals surface area contributed by atoms with Gasteiger partial charge in [0.25, 0.3) is 0 Å². The van der Waals surface area contributed by atoms with Crippen LogP contribution in [-0.2, 0) is 5.54 Å². The summed E-state index contributed by atoms with van der Waals surface area (Å²) in [6.07, 6.45) is 0. The highest BCUT2D eigenvalue weighted by atomic mass is 16.2. The number of benzene rings is 4. The van der Waals surface area contributed by atoms with Crippen LogP contribution in [0.2, 0.25) is 0 Å². The molecule has 0 saturated carbocycles. The topological polar surface area (TPSA) is 132 Å². The van der Waals surface area contributed by atoms with Gasteiger partial charge in [-0.2, -0.15) is 9.36 Å². The van der Waals surface area contributed by atoms with Gasteiger partial charge in [0, 0.05) is 5.56 Å². The predicted molar refractivity (Wildman–Crippen MR) is 167 cm³/mol. The number of rotatable bonds is 5. The van der Waals surface area contributed by atoms with Gasteiger partial charge in [-0.05, 0) is 41.3 Å². The van der Waals surface area contributed by atoms with Gasteiger partial charge in [0.2, 0.25) is 0 Å². The maximum atomic E-state index is 14.6. The molecule has 1 atom stereocenters. The van der Waals surface area contributed by atoms with Crippen LogP contribution in [0.4, 0.5) is 5.69 Å². The Bertz CT molecular complexity index is 2300. The molecule has 11 heteroatoms. The lowest BCUT2D eigenvalue weighted by Gasteiger charge is -2.40. The molecule has 1 aliphatic heterocycles. The van der Waals surface area contributed by atoms with Gasteiger partial charge in [-0.3, -0.25) is 4.98 Å².